The minimum Gasteiger partial charge on any atom is -0.465 e. The van der Waals surface area contributed by atoms with Gasteiger partial charge in [0.1, 0.15) is 0 Å². The predicted octanol–water partition coefficient (Wildman–Crippen LogP) is 2.91. The molecule has 1 heterocycles. The van der Waals surface area contributed by atoms with Crippen LogP contribution in [0.5, 0.6) is 0 Å². The van der Waals surface area contributed by atoms with Gasteiger partial charge in [0.2, 0.25) is 5.91 Å². The number of carbonyl (C=O) groups is 2. The summed E-state index contributed by atoms with van der Waals surface area (Å²) in [6.45, 7) is 1.09. The van der Waals surface area contributed by atoms with Crippen molar-refractivity contribution in [2.45, 2.75) is 50.5 Å². The molecule has 6 heteroatoms. The first-order valence-electron chi connectivity index (χ1n) is 10.5. The van der Waals surface area contributed by atoms with Crippen molar-refractivity contribution >= 4 is 11.9 Å². The Bertz CT molecular complexity index is 896. The van der Waals surface area contributed by atoms with Crippen molar-refractivity contribution in [2.24, 2.45) is 0 Å². The molecule has 1 aliphatic carbocycles. The summed E-state index contributed by atoms with van der Waals surface area (Å²) < 4.78 is 10.7. The Labute approximate surface area is 177 Å². The van der Waals surface area contributed by atoms with E-state index in [1.54, 1.807) is 12.1 Å². The number of hydrogen-bond acceptors (Lipinski definition) is 5. The first-order valence-corrected chi connectivity index (χ1v) is 10.5. The highest BCUT2D eigenvalue weighted by Gasteiger charge is 2.32. The molecule has 1 saturated heterocycles. The summed E-state index contributed by atoms with van der Waals surface area (Å²) in [5.74, 6) is -0.304. The molecular formula is C24H28N2O4. The number of ether oxygens (including phenoxy) is 2. The summed E-state index contributed by atoms with van der Waals surface area (Å²) in [5, 5.41) is 6.52. The average Bonchev–Trinajstić information content (AvgIpc) is 3.27. The second-order valence-electron chi connectivity index (χ2n) is 7.97. The summed E-state index contributed by atoms with van der Waals surface area (Å²) in [7, 11) is 1.37. The lowest BCUT2D eigenvalue weighted by Crippen LogP contribution is -2.42. The van der Waals surface area contributed by atoms with E-state index in [9.17, 15) is 9.59 Å². The number of carbonyl (C=O) groups excluding carboxylic acids is 2. The zero-order valence-electron chi connectivity index (χ0n) is 17.2. The van der Waals surface area contributed by atoms with E-state index in [2.05, 4.69) is 28.8 Å². The van der Waals surface area contributed by atoms with Crippen LogP contribution < -0.4 is 10.6 Å². The lowest BCUT2D eigenvalue weighted by atomic mass is 9.87. The average molecular weight is 408 g/mol. The second-order valence-corrected chi connectivity index (χ2v) is 7.97. The molecule has 158 valence electrons. The number of nitrogens with one attached hydrogen (secondary N) is 2. The number of aryl methyl sites for hydroxylation is 1. The molecule has 1 fully saturated rings. The minimum absolute atomic E-state index is 0.0142. The van der Waals surface area contributed by atoms with Crippen LogP contribution >= 0.6 is 0 Å². The molecule has 30 heavy (non-hydrogen) atoms. The Morgan fingerprint density at radius 1 is 1.13 bits per heavy atom. The summed E-state index contributed by atoms with van der Waals surface area (Å²) in [6.07, 6.45) is 3.80. The maximum absolute atomic E-state index is 12.8. The van der Waals surface area contributed by atoms with Gasteiger partial charge < -0.3 is 20.1 Å². The normalized spacial score (nSPS) is 22.9. The number of benzene rings is 2. The molecule has 0 bridgehead atoms. The Balaban J connectivity index is 1.26. The van der Waals surface area contributed by atoms with Gasteiger partial charge in [0.25, 0.3) is 0 Å². The minimum atomic E-state index is -0.350. The third-order valence-corrected chi connectivity index (χ3v) is 5.95. The molecule has 0 spiro atoms. The fraction of sp³-hybridized carbons (Fsp3) is 0.417. The van der Waals surface area contributed by atoms with Crippen molar-refractivity contribution in [3.05, 3.63) is 70.8 Å². The third-order valence-electron chi connectivity index (χ3n) is 5.95. The monoisotopic (exact) mass is 408 g/mol. The highest BCUT2D eigenvalue weighted by molar-refractivity contribution is 5.89. The van der Waals surface area contributed by atoms with Crippen LogP contribution in [0.2, 0.25) is 0 Å². The van der Waals surface area contributed by atoms with Crippen molar-refractivity contribution in [3.63, 3.8) is 0 Å². The van der Waals surface area contributed by atoms with Crippen LogP contribution in [0.15, 0.2) is 48.5 Å². The lowest BCUT2D eigenvalue weighted by molar-refractivity contribution is -0.123. The Kier molecular flexibility index (Phi) is 6.45. The van der Waals surface area contributed by atoms with Crippen molar-refractivity contribution in [3.8, 4) is 0 Å². The largest absolute Gasteiger partial charge is 0.465 e. The van der Waals surface area contributed by atoms with Crippen LogP contribution in [0.3, 0.4) is 0 Å². The number of esters is 1. The standard InChI is InChI=1S/C24H28N2O4/c1-29-24(28)18-11-9-16(10-12-18)15-30-19-13-22(25-14-19)23(27)26-21-8-4-6-17-5-2-3-7-20(17)21/h2-3,5,7,9-12,19,21-22,25H,4,6,8,13-15H2,1H3,(H,26,27). The van der Waals surface area contributed by atoms with E-state index in [4.69, 9.17) is 9.47 Å². The molecule has 3 atom stereocenters. The van der Waals surface area contributed by atoms with Gasteiger partial charge in [0.15, 0.2) is 0 Å². The van der Waals surface area contributed by atoms with Crippen molar-refractivity contribution in [1.82, 2.24) is 10.6 Å². The molecule has 0 aromatic heterocycles. The van der Waals surface area contributed by atoms with Crippen molar-refractivity contribution in [2.75, 3.05) is 13.7 Å². The molecule has 4 rings (SSSR count). The van der Waals surface area contributed by atoms with E-state index < -0.39 is 0 Å². The van der Waals surface area contributed by atoms with Gasteiger partial charge in [0, 0.05) is 6.54 Å². The van der Waals surface area contributed by atoms with E-state index >= 15 is 0 Å². The molecule has 2 aliphatic rings. The zero-order valence-corrected chi connectivity index (χ0v) is 17.2. The van der Waals surface area contributed by atoms with Gasteiger partial charge in [-0.15, -0.1) is 0 Å². The zero-order chi connectivity index (χ0) is 20.9. The Morgan fingerprint density at radius 2 is 1.93 bits per heavy atom. The number of rotatable bonds is 6. The van der Waals surface area contributed by atoms with Crippen LogP contribution in [0, 0.1) is 0 Å². The maximum Gasteiger partial charge on any atom is 0.337 e. The molecule has 2 aromatic rings. The third kappa shape index (κ3) is 4.71. The molecule has 1 aliphatic heterocycles. The number of fused-ring (bicyclic) bond motifs is 1. The number of amides is 1. The van der Waals surface area contributed by atoms with E-state index in [1.807, 2.05) is 18.2 Å². The maximum atomic E-state index is 12.8. The predicted molar refractivity (Wildman–Crippen MR) is 113 cm³/mol. The van der Waals surface area contributed by atoms with Gasteiger partial charge in [0.05, 0.1) is 37.5 Å². The van der Waals surface area contributed by atoms with Crippen LogP contribution in [0.25, 0.3) is 0 Å². The molecule has 3 unspecified atom stereocenters. The van der Waals surface area contributed by atoms with E-state index in [-0.39, 0.29) is 30.1 Å². The van der Waals surface area contributed by atoms with Gasteiger partial charge in [-0.2, -0.15) is 0 Å². The van der Waals surface area contributed by atoms with Gasteiger partial charge in [-0.25, -0.2) is 4.79 Å². The quantitative estimate of drug-likeness (QED) is 0.719. The number of methoxy groups -OCH3 is 1. The lowest BCUT2D eigenvalue weighted by Gasteiger charge is -2.27. The van der Waals surface area contributed by atoms with Gasteiger partial charge in [-0.05, 0) is 54.5 Å². The summed E-state index contributed by atoms with van der Waals surface area (Å²) in [5.41, 5.74) is 4.09. The molecule has 1 amide bonds. The van der Waals surface area contributed by atoms with Crippen LogP contribution in [0.1, 0.15) is 52.4 Å². The molecule has 0 saturated carbocycles. The molecule has 6 nitrogen and oxygen atoms in total. The highest BCUT2D eigenvalue weighted by Crippen LogP contribution is 2.29. The molecule has 0 radical (unpaired) electrons. The van der Waals surface area contributed by atoms with Gasteiger partial charge in [-0.1, -0.05) is 36.4 Å². The summed E-state index contributed by atoms with van der Waals surface area (Å²) >= 11 is 0. The van der Waals surface area contributed by atoms with Crippen molar-refractivity contribution < 1.29 is 19.1 Å². The smallest absolute Gasteiger partial charge is 0.337 e. The van der Waals surface area contributed by atoms with Crippen LogP contribution in [-0.2, 0) is 27.3 Å². The number of hydrogen-bond donors (Lipinski definition) is 2. The van der Waals surface area contributed by atoms with Crippen LogP contribution in [-0.4, -0.2) is 37.7 Å². The summed E-state index contributed by atoms with van der Waals surface area (Å²) in [6, 6.07) is 15.4. The highest BCUT2D eigenvalue weighted by atomic mass is 16.5. The van der Waals surface area contributed by atoms with Crippen LogP contribution in [0.4, 0.5) is 0 Å². The molecule has 2 N–H and O–H groups in total. The fourth-order valence-electron chi connectivity index (χ4n) is 4.28. The van der Waals surface area contributed by atoms with E-state index in [0.717, 1.165) is 24.8 Å². The topological polar surface area (TPSA) is 76.7 Å². The Hall–Kier alpha value is -2.70. The fourth-order valence-corrected chi connectivity index (χ4v) is 4.28. The Morgan fingerprint density at radius 3 is 2.73 bits per heavy atom. The van der Waals surface area contributed by atoms with E-state index in [1.165, 1.54) is 18.2 Å². The van der Waals surface area contributed by atoms with Crippen molar-refractivity contribution in [1.29, 1.82) is 0 Å². The first kappa shape index (κ1) is 20.6. The SMILES string of the molecule is COC(=O)c1ccc(COC2CNC(C(=O)NC3CCCc4ccccc43)C2)cc1. The van der Waals surface area contributed by atoms with Gasteiger partial charge in [-0.3, -0.25) is 4.79 Å². The second kappa shape index (κ2) is 9.41. The first-order chi connectivity index (χ1) is 14.6. The van der Waals surface area contributed by atoms with Gasteiger partial charge >= 0.3 is 5.97 Å². The summed E-state index contributed by atoms with van der Waals surface area (Å²) in [4.78, 5) is 24.3. The molecular weight excluding hydrogens is 380 g/mol. The molecule has 2 aromatic carbocycles. The van der Waals surface area contributed by atoms with E-state index in [0.29, 0.717) is 25.1 Å².